The highest BCUT2D eigenvalue weighted by Gasteiger charge is 2.37. The average Bonchev–Trinajstić information content (AvgIpc) is 2.77. The molecule has 1 aromatic rings. The second-order valence-electron chi connectivity index (χ2n) is 5.18. The van der Waals surface area contributed by atoms with Crippen molar-refractivity contribution in [3.05, 3.63) is 34.4 Å². The molecule has 0 aromatic heterocycles. The summed E-state index contributed by atoms with van der Waals surface area (Å²) in [5.41, 5.74) is 2.00. The summed E-state index contributed by atoms with van der Waals surface area (Å²) in [5, 5.41) is 0. The van der Waals surface area contributed by atoms with Gasteiger partial charge in [0.15, 0.2) is 0 Å². The van der Waals surface area contributed by atoms with E-state index in [0.717, 1.165) is 17.4 Å². The van der Waals surface area contributed by atoms with Gasteiger partial charge in [-0.3, -0.25) is 4.79 Å². The Morgan fingerprint density at radius 1 is 1.19 bits per heavy atom. The SMILES string of the molecule is COC(=O)C1Cc2cc3c(cc2CC1C=O)C(=O)OC3=O. The predicted octanol–water partition coefficient (Wildman–Crippen LogP) is 0.700. The molecule has 0 radical (unpaired) electrons. The molecule has 1 heterocycles. The quantitative estimate of drug-likeness (QED) is 0.452. The minimum atomic E-state index is -0.676. The van der Waals surface area contributed by atoms with E-state index in [4.69, 9.17) is 4.74 Å². The van der Waals surface area contributed by atoms with Gasteiger partial charge in [0.25, 0.3) is 0 Å². The first-order chi connectivity index (χ1) is 10.0. The van der Waals surface area contributed by atoms with Crippen molar-refractivity contribution in [3.63, 3.8) is 0 Å². The van der Waals surface area contributed by atoms with Crippen LogP contribution in [0.1, 0.15) is 31.8 Å². The summed E-state index contributed by atoms with van der Waals surface area (Å²) in [5.74, 6) is -2.85. The standard InChI is InChI=1S/C15H12O6/c1-20-13(17)10-3-8-5-12-11(14(18)21-15(12)19)4-7(8)2-9(10)6-16/h4-6,9-10H,2-3H2,1H3. The summed E-state index contributed by atoms with van der Waals surface area (Å²) in [4.78, 5) is 46.1. The fourth-order valence-electron chi connectivity index (χ4n) is 2.94. The summed E-state index contributed by atoms with van der Waals surface area (Å²) < 4.78 is 9.28. The van der Waals surface area contributed by atoms with Crippen molar-refractivity contribution in [3.8, 4) is 0 Å². The number of hydrogen-bond donors (Lipinski definition) is 0. The molecule has 0 saturated carbocycles. The van der Waals surface area contributed by atoms with Crippen LogP contribution in [0, 0.1) is 11.8 Å². The van der Waals surface area contributed by atoms with E-state index in [0.29, 0.717) is 12.8 Å². The smallest absolute Gasteiger partial charge is 0.346 e. The van der Waals surface area contributed by atoms with Crippen LogP contribution in [0.5, 0.6) is 0 Å². The number of esters is 3. The van der Waals surface area contributed by atoms with E-state index < -0.39 is 29.7 Å². The van der Waals surface area contributed by atoms with Gasteiger partial charge in [-0.05, 0) is 36.1 Å². The van der Waals surface area contributed by atoms with Crippen molar-refractivity contribution in [2.45, 2.75) is 12.8 Å². The van der Waals surface area contributed by atoms with Gasteiger partial charge in [-0.15, -0.1) is 0 Å². The molecule has 6 nitrogen and oxygen atoms in total. The Balaban J connectivity index is 2.05. The van der Waals surface area contributed by atoms with Gasteiger partial charge in [0, 0.05) is 5.92 Å². The molecule has 2 unspecified atom stereocenters. The average molecular weight is 288 g/mol. The number of ether oxygens (including phenoxy) is 2. The van der Waals surface area contributed by atoms with Crippen LogP contribution in [0.2, 0.25) is 0 Å². The van der Waals surface area contributed by atoms with Gasteiger partial charge in [-0.2, -0.15) is 0 Å². The summed E-state index contributed by atoms with van der Waals surface area (Å²) >= 11 is 0. The highest BCUT2D eigenvalue weighted by Crippen LogP contribution is 2.34. The minimum Gasteiger partial charge on any atom is -0.469 e. The van der Waals surface area contributed by atoms with Gasteiger partial charge in [-0.25, -0.2) is 9.59 Å². The maximum Gasteiger partial charge on any atom is 0.346 e. The molecule has 3 rings (SSSR count). The van der Waals surface area contributed by atoms with E-state index >= 15 is 0 Å². The van der Waals surface area contributed by atoms with Gasteiger partial charge in [0.1, 0.15) is 6.29 Å². The Hall–Kier alpha value is -2.50. The number of aldehydes is 1. The van der Waals surface area contributed by atoms with Crippen molar-refractivity contribution in [1.82, 2.24) is 0 Å². The van der Waals surface area contributed by atoms with Crippen LogP contribution in [0.3, 0.4) is 0 Å². The van der Waals surface area contributed by atoms with Gasteiger partial charge in [0.05, 0.1) is 24.2 Å². The van der Waals surface area contributed by atoms with E-state index in [1.165, 1.54) is 7.11 Å². The Labute approximate surface area is 120 Å². The summed E-state index contributed by atoms with van der Waals surface area (Å²) in [6, 6.07) is 3.16. The molecule has 21 heavy (non-hydrogen) atoms. The van der Waals surface area contributed by atoms with Crippen molar-refractivity contribution < 1.29 is 28.7 Å². The minimum absolute atomic E-state index is 0.215. The zero-order chi connectivity index (χ0) is 15.1. The molecule has 0 saturated heterocycles. The topological polar surface area (TPSA) is 86.7 Å². The monoisotopic (exact) mass is 288 g/mol. The lowest BCUT2D eigenvalue weighted by Gasteiger charge is -2.28. The Kier molecular flexibility index (Phi) is 3.08. The highest BCUT2D eigenvalue weighted by molar-refractivity contribution is 6.15. The zero-order valence-electron chi connectivity index (χ0n) is 11.3. The first-order valence-corrected chi connectivity index (χ1v) is 6.50. The van der Waals surface area contributed by atoms with E-state index in [9.17, 15) is 19.2 Å². The van der Waals surface area contributed by atoms with Gasteiger partial charge in [-0.1, -0.05) is 0 Å². The number of hydrogen-bond acceptors (Lipinski definition) is 6. The number of cyclic esters (lactones) is 2. The van der Waals surface area contributed by atoms with Crippen LogP contribution in [0.15, 0.2) is 12.1 Å². The molecule has 2 atom stereocenters. The van der Waals surface area contributed by atoms with Crippen LogP contribution in [-0.2, 0) is 31.9 Å². The molecule has 6 heteroatoms. The molecule has 0 amide bonds. The number of benzene rings is 1. The summed E-state index contributed by atoms with van der Waals surface area (Å²) in [6.45, 7) is 0. The fourth-order valence-corrected chi connectivity index (χ4v) is 2.94. The number of carbonyl (C=O) groups excluding carboxylic acids is 4. The van der Waals surface area contributed by atoms with Crippen LogP contribution in [-0.4, -0.2) is 31.3 Å². The van der Waals surface area contributed by atoms with E-state index in [1.54, 1.807) is 12.1 Å². The Morgan fingerprint density at radius 3 is 2.29 bits per heavy atom. The molecule has 108 valence electrons. The molecule has 0 spiro atoms. The van der Waals surface area contributed by atoms with Crippen LogP contribution >= 0.6 is 0 Å². The lowest BCUT2D eigenvalue weighted by Crippen LogP contribution is -2.33. The molecular formula is C15H12O6. The normalized spacial score (nSPS) is 23.1. The van der Waals surface area contributed by atoms with Crippen molar-refractivity contribution in [2.24, 2.45) is 11.8 Å². The van der Waals surface area contributed by atoms with E-state index in [2.05, 4.69) is 4.74 Å². The number of methoxy groups -OCH3 is 1. The molecule has 0 fully saturated rings. The Morgan fingerprint density at radius 2 is 1.76 bits per heavy atom. The van der Waals surface area contributed by atoms with Gasteiger partial charge < -0.3 is 14.3 Å². The predicted molar refractivity (Wildman–Crippen MR) is 68.7 cm³/mol. The van der Waals surface area contributed by atoms with Gasteiger partial charge >= 0.3 is 17.9 Å². The number of rotatable bonds is 2. The molecule has 2 aliphatic rings. The van der Waals surface area contributed by atoms with E-state index in [1.807, 2.05) is 0 Å². The van der Waals surface area contributed by atoms with Crippen molar-refractivity contribution >= 4 is 24.2 Å². The second-order valence-corrected chi connectivity index (χ2v) is 5.18. The van der Waals surface area contributed by atoms with Gasteiger partial charge in [0.2, 0.25) is 0 Å². The first-order valence-electron chi connectivity index (χ1n) is 6.50. The molecule has 1 aliphatic heterocycles. The fraction of sp³-hybridized carbons (Fsp3) is 0.333. The molecule has 0 bridgehead atoms. The molecular weight excluding hydrogens is 276 g/mol. The highest BCUT2D eigenvalue weighted by atomic mass is 16.6. The largest absolute Gasteiger partial charge is 0.469 e. The summed E-state index contributed by atoms with van der Waals surface area (Å²) in [6.07, 6.45) is 1.38. The molecule has 1 aromatic carbocycles. The third-order valence-corrected chi connectivity index (χ3v) is 4.06. The lowest BCUT2D eigenvalue weighted by molar-refractivity contribution is -0.148. The maximum absolute atomic E-state index is 11.8. The lowest BCUT2D eigenvalue weighted by atomic mass is 9.75. The van der Waals surface area contributed by atoms with Crippen molar-refractivity contribution in [1.29, 1.82) is 0 Å². The van der Waals surface area contributed by atoms with Crippen molar-refractivity contribution in [2.75, 3.05) is 7.11 Å². The van der Waals surface area contributed by atoms with E-state index in [-0.39, 0.29) is 11.1 Å². The third-order valence-electron chi connectivity index (χ3n) is 4.06. The number of fused-ring (bicyclic) bond motifs is 2. The van der Waals surface area contributed by atoms with Crippen LogP contribution in [0.4, 0.5) is 0 Å². The maximum atomic E-state index is 11.8. The number of carbonyl (C=O) groups is 4. The van der Waals surface area contributed by atoms with Crippen LogP contribution in [0.25, 0.3) is 0 Å². The Bertz CT molecular complexity index is 675. The summed E-state index contributed by atoms with van der Waals surface area (Å²) in [7, 11) is 1.28. The zero-order valence-corrected chi connectivity index (χ0v) is 11.3. The second kappa shape index (κ2) is 4.80. The molecule has 1 aliphatic carbocycles. The third kappa shape index (κ3) is 2.03. The van der Waals surface area contributed by atoms with Crippen LogP contribution < -0.4 is 0 Å². The molecule has 0 N–H and O–H groups in total. The first kappa shape index (κ1) is 13.5.